The Kier molecular flexibility index (Phi) is 6.60. The van der Waals surface area contributed by atoms with Crippen molar-refractivity contribution in [3.63, 3.8) is 0 Å². The minimum absolute atomic E-state index is 0.157. The van der Waals surface area contributed by atoms with Crippen molar-refractivity contribution in [2.75, 3.05) is 14.1 Å². The predicted molar refractivity (Wildman–Crippen MR) is 103 cm³/mol. The number of alkyl halides is 3. The standard InChI is InChI=1S/C22H32F3NO2/c1-26(2)18-10-9-16(13-18)14-20(21(27)11-4-3-5-12-21)17-7-6-8-19(15-17)28-22(23,24)25/h6-8,15-16,18,20,27H,3-5,9-14H2,1-2H3/t16?,18-,20?/m1/s1. The van der Waals surface area contributed by atoms with Crippen LogP contribution in [0.2, 0.25) is 0 Å². The largest absolute Gasteiger partial charge is 0.573 e. The Bertz CT molecular complexity index is 641. The van der Waals surface area contributed by atoms with Gasteiger partial charge in [0, 0.05) is 12.0 Å². The number of aliphatic hydroxyl groups is 1. The Morgan fingerprint density at radius 3 is 2.50 bits per heavy atom. The first-order valence-electron chi connectivity index (χ1n) is 10.4. The predicted octanol–water partition coefficient (Wildman–Crippen LogP) is 5.48. The van der Waals surface area contributed by atoms with Crippen molar-refractivity contribution in [3.8, 4) is 5.75 Å². The van der Waals surface area contributed by atoms with E-state index in [4.69, 9.17) is 0 Å². The van der Waals surface area contributed by atoms with Crippen molar-refractivity contribution in [1.29, 1.82) is 0 Å². The lowest BCUT2D eigenvalue weighted by molar-refractivity contribution is -0.274. The van der Waals surface area contributed by atoms with E-state index in [1.165, 1.54) is 12.1 Å². The fourth-order valence-corrected chi connectivity index (χ4v) is 5.17. The van der Waals surface area contributed by atoms with Crippen molar-refractivity contribution in [1.82, 2.24) is 4.90 Å². The maximum Gasteiger partial charge on any atom is 0.573 e. The van der Waals surface area contributed by atoms with Gasteiger partial charge in [-0.2, -0.15) is 0 Å². The zero-order chi connectivity index (χ0) is 20.4. The Hall–Kier alpha value is -1.27. The van der Waals surface area contributed by atoms with Crippen LogP contribution in [0.4, 0.5) is 13.2 Å². The molecule has 2 fully saturated rings. The Labute approximate surface area is 165 Å². The molecule has 1 aromatic carbocycles. The summed E-state index contributed by atoms with van der Waals surface area (Å²) in [5, 5.41) is 11.5. The van der Waals surface area contributed by atoms with E-state index in [9.17, 15) is 18.3 Å². The first kappa shape index (κ1) is 21.4. The summed E-state index contributed by atoms with van der Waals surface area (Å²) in [6, 6.07) is 6.80. The zero-order valence-corrected chi connectivity index (χ0v) is 16.8. The number of hydrogen-bond acceptors (Lipinski definition) is 3. The second-order valence-corrected chi connectivity index (χ2v) is 8.87. The summed E-state index contributed by atoms with van der Waals surface area (Å²) in [5.74, 6) is 0.123. The van der Waals surface area contributed by atoms with Gasteiger partial charge in [-0.1, -0.05) is 31.4 Å². The maximum atomic E-state index is 12.7. The fraction of sp³-hybridized carbons (Fsp3) is 0.727. The van der Waals surface area contributed by atoms with Crippen molar-refractivity contribution >= 4 is 0 Å². The van der Waals surface area contributed by atoms with Crippen LogP contribution >= 0.6 is 0 Å². The third-order valence-corrected chi connectivity index (χ3v) is 6.67. The lowest BCUT2D eigenvalue weighted by Gasteiger charge is -2.41. The van der Waals surface area contributed by atoms with E-state index in [2.05, 4.69) is 23.7 Å². The third-order valence-electron chi connectivity index (χ3n) is 6.67. The van der Waals surface area contributed by atoms with Gasteiger partial charge < -0.3 is 14.7 Å². The first-order valence-corrected chi connectivity index (χ1v) is 10.4. The van der Waals surface area contributed by atoms with Gasteiger partial charge in [-0.15, -0.1) is 13.2 Å². The number of nitrogens with zero attached hydrogens (tertiary/aromatic N) is 1. The lowest BCUT2D eigenvalue weighted by atomic mass is 9.69. The van der Waals surface area contributed by atoms with E-state index < -0.39 is 12.0 Å². The lowest BCUT2D eigenvalue weighted by Crippen LogP contribution is -2.39. The van der Waals surface area contributed by atoms with Gasteiger partial charge in [0.05, 0.1) is 5.60 Å². The van der Waals surface area contributed by atoms with Crippen LogP contribution in [0, 0.1) is 5.92 Å². The molecule has 0 saturated heterocycles. The third kappa shape index (κ3) is 5.41. The van der Waals surface area contributed by atoms with Crippen LogP contribution in [-0.4, -0.2) is 42.1 Å². The van der Waals surface area contributed by atoms with Gasteiger partial charge >= 0.3 is 6.36 Å². The van der Waals surface area contributed by atoms with E-state index in [0.29, 0.717) is 24.8 Å². The molecule has 0 amide bonds. The normalized spacial score (nSPS) is 26.4. The average molecular weight is 399 g/mol. The zero-order valence-electron chi connectivity index (χ0n) is 16.8. The molecule has 0 aliphatic heterocycles. The van der Waals surface area contributed by atoms with Crippen molar-refractivity contribution < 1.29 is 23.0 Å². The van der Waals surface area contributed by atoms with Gasteiger partial charge in [0.15, 0.2) is 0 Å². The summed E-state index contributed by atoms with van der Waals surface area (Å²) in [5.41, 5.74) is -0.0786. The quantitative estimate of drug-likeness (QED) is 0.687. The molecule has 2 saturated carbocycles. The number of halogens is 3. The smallest absolute Gasteiger partial charge is 0.406 e. The highest BCUT2D eigenvalue weighted by atomic mass is 19.4. The van der Waals surface area contributed by atoms with Gasteiger partial charge in [-0.25, -0.2) is 0 Å². The summed E-state index contributed by atoms with van der Waals surface area (Å²) < 4.78 is 42.2. The highest BCUT2D eigenvalue weighted by Gasteiger charge is 2.41. The number of benzene rings is 1. The molecule has 28 heavy (non-hydrogen) atoms. The Balaban J connectivity index is 1.83. The van der Waals surface area contributed by atoms with E-state index in [1.54, 1.807) is 6.07 Å². The van der Waals surface area contributed by atoms with Gasteiger partial charge in [-0.05, 0) is 76.2 Å². The van der Waals surface area contributed by atoms with E-state index in [1.807, 2.05) is 6.07 Å². The molecular formula is C22H32F3NO2. The molecule has 0 spiro atoms. The van der Waals surface area contributed by atoms with E-state index in [0.717, 1.165) is 50.5 Å². The highest BCUT2D eigenvalue weighted by molar-refractivity contribution is 5.33. The summed E-state index contributed by atoms with van der Waals surface area (Å²) in [7, 11) is 4.19. The van der Waals surface area contributed by atoms with Gasteiger partial charge in [0.2, 0.25) is 0 Å². The molecule has 2 aliphatic carbocycles. The number of hydrogen-bond donors (Lipinski definition) is 1. The minimum atomic E-state index is -4.71. The summed E-state index contributed by atoms with van der Waals surface area (Å²) in [6.07, 6.45) is 3.91. The minimum Gasteiger partial charge on any atom is -0.406 e. The van der Waals surface area contributed by atoms with Gasteiger partial charge in [0.25, 0.3) is 0 Å². The Morgan fingerprint density at radius 1 is 1.18 bits per heavy atom. The summed E-state index contributed by atoms with van der Waals surface area (Å²) in [4.78, 5) is 2.25. The molecule has 1 aromatic rings. The molecule has 3 nitrogen and oxygen atoms in total. The van der Waals surface area contributed by atoms with Gasteiger partial charge in [-0.3, -0.25) is 0 Å². The molecule has 3 rings (SSSR count). The van der Waals surface area contributed by atoms with Crippen LogP contribution in [0.5, 0.6) is 5.75 Å². The monoisotopic (exact) mass is 399 g/mol. The molecule has 3 atom stereocenters. The average Bonchev–Trinajstić information content (AvgIpc) is 3.08. The van der Waals surface area contributed by atoms with Crippen LogP contribution in [0.1, 0.15) is 69.3 Å². The highest BCUT2D eigenvalue weighted by Crippen LogP contribution is 2.46. The molecule has 2 unspecified atom stereocenters. The second-order valence-electron chi connectivity index (χ2n) is 8.87. The van der Waals surface area contributed by atoms with Gasteiger partial charge in [0.1, 0.15) is 5.75 Å². The van der Waals surface area contributed by atoms with E-state index in [-0.39, 0.29) is 11.7 Å². The number of rotatable bonds is 6. The number of ether oxygens (including phenoxy) is 1. The second kappa shape index (κ2) is 8.62. The molecule has 1 N–H and O–H groups in total. The summed E-state index contributed by atoms with van der Waals surface area (Å²) >= 11 is 0. The summed E-state index contributed by atoms with van der Waals surface area (Å²) in [6.45, 7) is 0. The SMILES string of the molecule is CN(C)[C@@H]1CCC(CC(c2cccc(OC(F)(F)F)c2)C2(O)CCCCC2)C1. The van der Waals surface area contributed by atoms with Crippen LogP contribution in [0.3, 0.4) is 0 Å². The molecule has 158 valence electrons. The molecule has 6 heteroatoms. The molecule has 0 radical (unpaired) electrons. The Morgan fingerprint density at radius 2 is 1.89 bits per heavy atom. The molecule has 0 bridgehead atoms. The molecular weight excluding hydrogens is 367 g/mol. The topological polar surface area (TPSA) is 32.7 Å². The van der Waals surface area contributed by atoms with Crippen LogP contribution in [0.25, 0.3) is 0 Å². The van der Waals surface area contributed by atoms with Crippen molar-refractivity contribution in [2.24, 2.45) is 5.92 Å². The molecule has 0 heterocycles. The van der Waals surface area contributed by atoms with Crippen molar-refractivity contribution in [3.05, 3.63) is 29.8 Å². The van der Waals surface area contributed by atoms with E-state index >= 15 is 0 Å². The molecule has 2 aliphatic rings. The first-order chi connectivity index (χ1) is 13.2. The van der Waals surface area contributed by atoms with Crippen LogP contribution in [-0.2, 0) is 0 Å². The fourth-order valence-electron chi connectivity index (χ4n) is 5.17. The van der Waals surface area contributed by atoms with Crippen LogP contribution < -0.4 is 4.74 Å². The van der Waals surface area contributed by atoms with Crippen LogP contribution in [0.15, 0.2) is 24.3 Å². The van der Waals surface area contributed by atoms with Crippen molar-refractivity contribution in [2.45, 2.75) is 81.7 Å². The maximum absolute atomic E-state index is 12.7. The molecule has 0 aromatic heterocycles.